The summed E-state index contributed by atoms with van der Waals surface area (Å²) in [6.45, 7) is 6.94. The molecule has 0 bridgehead atoms. The molecular formula is C10H17NO2. The zero-order chi connectivity index (χ0) is 9.84. The minimum atomic E-state index is -0.907. The van der Waals surface area contributed by atoms with Gasteiger partial charge in [0.05, 0.1) is 0 Å². The first-order chi connectivity index (χ1) is 6.16. The van der Waals surface area contributed by atoms with E-state index in [4.69, 9.17) is 0 Å². The second-order valence-electron chi connectivity index (χ2n) is 3.57. The maximum Gasteiger partial charge on any atom is 0.252 e. The summed E-state index contributed by atoms with van der Waals surface area (Å²) in [6.07, 6.45) is 2.82. The molecule has 0 spiro atoms. The Kier molecular flexibility index (Phi) is 3.48. The summed E-state index contributed by atoms with van der Waals surface area (Å²) in [5.41, 5.74) is 0. The third-order valence-corrected chi connectivity index (χ3v) is 2.54. The maximum atomic E-state index is 11.6. The molecule has 0 unspecified atom stereocenters. The molecule has 2 atom stereocenters. The molecular weight excluding hydrogens is 166 g/mol. The minimum Gasteiger partial charge on any atom is -0.383 e. The van der Waals surface area contributed by atoms with E-state index in [0.717, 1.165) is 25.9 Å². The number of amides is 1. The summed E-state index contributed by atoms with van der Waals surface area (Å²) >= 11 is 0. The van der Waals surface area contributed by atoms with Crippen molar-refractivity contribution in [2.75, 3.05) is 13.1 Å². The smallest absolute Gasteiger partial charge is 0.252 e. The van der Waals surface area contributed by atoms with Crippen molar-refractivity contribution in [2.24, 2.45) is 5.92 Å². The lowest BCUT2D eigenvalue weighted by Gasteiger charge is -2.21. The zero-order valence-corrected chi connectivity index (χ0v) is 8.07. The van der Waals surface area contributed by atoms with E-state index in [1.807, 2.05) is 0 Å². The molecule has 1 aliphatic rings. The minimum absolute atomic E-state index is 0.148. The fraction of sp³-hybridized carbons (Fsp3) is 0.700. The maximum absolute atomic E-state index is 11.6. The van der Waals surface area contributed by atoms with Gasteiger partial charge < -0.3 is 10.0 Å². The normalized spacial score (nSPS) is 21.2. The number of rotatable bonds is 3. The van der Waals surface area contributed by atoms with E-state index in [0.29, 0.717) is 0 Å². The van der Waals surface area contributed by atoms with Gasteiger partial charge in [0.25, 0.3) is 5.91 Å². The van der Waals surface area contributed by atoms with Gasteiger partial charge in [-0.1, -0.05) is 13.0 Å². The highest BCUT2D eigenvalue weighted by Crippen LogP contribution is 2.13. The zero-order valence-electron chi connectivity index (χ0n) is 8.07. The van der Waals surface area contributed by atoms with E-state index in [1.54, 1.807) is 17.9 Å². The van der Waals surface area contributed by atoms with Crippen LogP contribution >= 0.6 is 0 Å². The van der Waals surface area contributed by atoms with Crippen molar-refractivity contribution in [1.82, 2.24) is 4.90 Å². The van der Waals surface area contributed by atoms with Crippen molar-refractivity contribution in [2.45, 2.75) is 25.9 Å². The molecule has 0 aromatic heterocycles. The molecule has 1 saturated heterocycles. The molecule has 3 nitrogen and oxygen atoms in total. The number of hydrogen-bond donors (Lipinski definition) is 1. The van der Waals surface area contributed by atoms with Crippen molar-refractivity contribution in [3.8, 4) is 0 Å². The Morgan fingerprint density at radius 1 is 1.54 bits per heavy atom. The number of aliphatic hydroxyl groups excluding tert-OH is 1. The van der Waals surface area contributed by atoms with Gasteiger partial charge in [0.2, 0.25) is 0 Å². The van der Waals surface area contributed by atoms with Crippen LogP contribution in [0.5, 0.6) is 0 Å². The van der Waals surface area contributed by atoms with Gasteiger partial charge in [-0.05, 0) is 12.8 Å². The van der Waals surface area contributed by atoms with Crippen molar-refractivity contribution >= 4 is 5.91 Å². The lowest BCUT2D eigenvalue weighted by atomic mass is 10.0. The molecule has 1 fully saturated rings. The predicted molar refractivity (Wildman–Crippen MR) is 51.2 cm³/mol. The molecule has 1 aliphatic heterocycles. The van der Waals surface area contributed by atoms with Crippen LogP contribution in [0.4, 0.5) is 0 Å². The Bertz CT molecular complexity index is 197. The summed E-state index contributed by atoms with van der Waals surface area (Å²) in [6, 6.07) is 0. The molecule has 0 radical (unpaired) electrons. The molecule has 13 heavy (non-hydrogen) atoms. The van der Waals surface area contributed by atoms with Crippen LogP contribution in [0.25, 0.3) is 0 Å². The standard InChI is InChI=1S/C10H17NO2/c1-3-8(2)9(12)10(13)11-6-4-5-7-11/h3,8-9,12H,1,4-7H2,2H3/t8-,9-/m1/s1. The first-order valence-corrected chi connectivity index (χ1v) is 4.76. The summed E-state index contributed by atoms with van der Waals surface area (Å²) in [7, 11) is 0. The molecule has 0 aromatic carbocycles. The molecule has 1 heterocycles. The lowest BCUT2D eigenvalue weighted by Crippen LogP contribution is -2.39. The highest BCUT2D eigenvalue weighted by atomic mass is 16.3. The van der Waals surface area contributed by atoms with Crippen molar-refractivity contribution < 1.29 is 9.90 Å². The van der Waals surface area contributed by atoms with Crippen LogP contribution in [0.2, 0.25) is 0 Å². The van der Waals surface area contributed by atoms with E-state index >= 15 is 0 Å². The molecule has 74 valence electrons. The van der Waals surface area contributed by atoms with E-state index in [9.17, 15) is 9.90 Å². The highest BCUT2D eigenvalue weighted by molar-refractivity contribution is 5.81. The third kappa shape index (κ3) is 2.31. The second kappa shape index (κ2) is 4.42. The van der Waals surface area contributed by atoms with Crippen LogP contribution in [0.1, 0.15) is 19.8 Å². The number of nitrogens with zero attached hydrogens (tertiary/aromatic N) is 1. The SMILES string of the molecule is C=C[C@@H](C)[C@@H](O)C(=O)N1CCCC1. The summed E-state index contributed by atoms with van der Waals surface area (Å²) in [5, 5.41) is 9.58. The third-order valence-electron chi connectivity index (χ3n) is 2.54. The quantitative estimate of drug-likeness (QED) is 0.657. The van der Waals surface area contributed by atoms with E-state index < -0.39 is 6.10 Å². The fourth-order valence-corrected chi connectivity index (χ4v) is 1.48. The topological polar surface area (TPSA) is 40.5 Å². The molecule has 0 saturated carbocycles. The Labute approximate surface area is 79.0 Å². The molecule has 1 N–H and O–H groups in total. The van der Waals surface area contributed by atoms with Crippen LogP contribution in [0, 0.1) is 5.92 Å². The van der Waals surface area contributed by atoms with Gasteiger partial charge in [0, 0.05) is 19.0 Å². The van der Waals surface area contributed by atoms with Gasteiger partial charge >= 0.3 is 0 Å². The monoisotopic (exact) mass is 183 g/mol. The Morgan fingerprint density at radius 3 is 2.54 bits per heavy atom. The number of hydrogen-bond acceptors (Lipinski definition) is 2. The largest absolute Gasteiger partial charge is 0.383 e. The average Bonchev–Trinajstić information content (AvgIpc) is 2.67. The molecule has 1 amide bonds. The number of carbonyl (C=O) groups excluding carboxylic acids is 1. The summed E-state index contributed by atoms with van der Waals surface area (Å²) < 4.78 is 0. The second-order valence-corrected chi connectivity index (χ2v) is 3.57. The first-order valence-electron chi connectivity index (χ1n) is 4.76. The Balaban J connectivity index is 2.50. The van der Waals surface area contributed by atoms with Crippen LogP contribution in [0.15, 0.2) is 12.7 Å². The summed E-state index contributed by atoms with van der Waals surface area (Å²) in [4.78, 5) is 13.3. The molecule has 1 rings (SSSR count). The fourth-order valence-electron chi connectivity index (χ4n) is 1.48. The predicted octanol–water partition coefficient (Wildman–Crippen LogP) is 0.792. The van der Waals surface area contributed by atoms with Gasteiger partial charge in [-0.25, -0.2) is 0 Å². The average molecular weight is 183 g/mol. The Morgan fingerprint density at radius 2 is 2.08 bits per heavy atom. The lowest BCUT2D eigenvalue weighted by molar-refractivity contribution is -0.140. The van der Waals surface area contributed by atoms with E-state index in [1.165, 1.54) is 0 Å². The number of carbonyl (C=O) groups is 1. The van der Waals surface area contributed by atoms with Gasteiger partial charge in [-0.3, -0.25) is 4.79 Å². The van der Waals surface area contributed by atoms with Gasteiger partial charge in [0.1, 0.15) is 6.10 Å². The van der Waals surface area contributed by atoms with Crippen molar-refractivity contribution in [3.05, 3.63) is 12.7 Å². The highest BCUT2D eigenvalue weighted by Gasteiger charge is 2.27. The van der Waals surface area contributed by atoms with E-state index in [-0.39, 0.29) is 11.8 Å². The van der Waals surface area contributed by atoms with Gasteiger partial charge in [0.15, 0.2) is 0 Å². The molecule has 0 aliphatic carbocycles. The van der Waals surface area contributed by atoms with Crippen LogP contribution in [-0.2, 0) is 4.79 Å². The van der Waals surface area contributed by atoms with Crippen LogP contribution < -0.4 is 0 Å². The van der Waals surface area contributed by atoms with Gasteiger partial charge in [-0.15, -0.1) is 6.58 Å². The first kappa shape index (κ1) is 10.3. The Hall–Kier alpha value is -0.830. The van der Waals surface area contributed by atoms with E-state index in [2.05, 4.69) is 6.58 Å². The van der Waals surface area contributed by atoms with Gasteiger partial charge in [-0.2, -0.15) is 0 Å². The number of likely N-dealkylation sites (tertiary alicyclic amines) is 1. The van der Waals surface area contributed by atoms with Crippen LogP contribution in [-0.4, -0.2) is 35.1 Å². The number of aliphatic hydroxyl groups is 1. The van der Waals surface area contributed by atoms with Crippen LogP contribution in [0.3, 0.4) is 0 Å². The van der Waals surface area contributed by atoms with Crippen molar-refractivity contribution in [3.63, 3.8) is 0 Å². The van der Waals surface area contributed by atoms with Crippen molar-refractivity contribution in [1.29, 1.82) is 0 Å². The molecule has 0 aromatic rings. The molecule has 3 heteroatoms. The summed E-state index contributed by atoms with van der Waals surface area (Å²) in [5.74, 6) is -0.307.